The van der Waals surface area contributed by atoms with Gasteiger partial charge in [0.25, 0.3) is 0 Å². The molecule has 0 fully saturated rings. The van der Waals surface area contributed by atoms with Crippen molar-refractivity contribution in [2.75, 3.05) is 0 Å². The van der Waals surface area contributed by atoms with Gasteiger partial charge in [-0.05, 0) is 29.1 Å². The average Bonchev–Trinajstić information content (AvgIpc) is 3.11. The summed E-state index contributed by atoms with van der Waals surface area (Å²) >= 11 is 3.27. The van der Waals surface area contributed by atoms with Crippen molar-refractivity contribution in [2.24, 2.45) is 0 Å². The summed E-state index contributed by atoms with van der Waals surface area (Å²) in [5.41, 5.74) is 1.20. The fourth-order valence-electron chi connectivity index (χ4n) is 2.26. The Labute approximate surface area is 139 Å². The van der Waals surface area contributed by atoms with Crippen LogP contribution >= 0.6 is 23.1 Å². The summed E-state index contributed by atoms with van der Waals surface area (Å²) in [7, 11) is 0. The number of ketones is 1. The lowest BCUT2D eigenvalue weighted by Crippen LogP contribution is -2.03. The van der Waals surface area contributed by atoms with Gasteiger partial charge in [0.2, 0.25) is 0 Å². The zero-order valence-electron chi connectivity index (χ0n) is 12.0. The highest BCUT2D eigenvalue weighted by Crippen LogP contribution is 2.38. The molecule has 0 N–H and O–H groups in total. The quantitative estimate of drug-likeness (QED) is 0.417. The van der Waals surface area contributed by atoms with Crippen LogP contribution in [0.15, 0.2) is 83.1 Å². The fourth-order valence-corrected chi connectivity index (χ4v) is 4.11. The van der Waals surface area contributed by atoms with E-state index in [-0.39, 0.29) is 11.0 Å². The molecule has 0 radical (unpaired) electrons. The molecule has 1 heterocycles. The molecule has 0 aliphatic heterocycles. The van der Waals surface area contributed by atoms with E-state index in [0.717, 1.165) is 4.88 Å². The third kappa shape index (κ3) is 3.87. The first-order chi connectivity index (χ1) is 10.8. The van der Waals surface area contributed by atoms with Gasteiger partial charge in [-0.2, -0.15) is 0 Å². The third-order valence-corrected chi connectivity index (χ3v) is 5.54. The molecule has 3 aromatic rings. The monoisotopic (exact) mass is 324 g/mol. The molecule has 110 valence electrons. The molecule has 1 nitrogen and oxygen atoms in total. The largest absolute Gasteiger partial charge is 0.293 e. The van der Waals surface area contributed by atoms with Gasteiger partial charge in [0, 0.05) is 16.6 Å². The Morgan fingerprint density at radius 1 is 0.909 bits per heavy atom. The lowest BCUT2D eigenvalue weighted by Gasteiger charge is -2.16. The number of hydrogen-bond acceptors (Lipinski definition) is 3. The summed E-state index contributed by atoms with van der Waals surface area (Å²) in [6.45, 7) is 0. The minimum atomic E-state index is 0.137. The normalized spacial score (nSPS) is 12.0. The molecule has 0 spiro atoms. The molecule has 1 aromatic heterocycles. The van der Waals surface area contributed by atoms with Crippen LogP contribution in [-0.4, -0.2) is 5.78 Å². The van der Waals surface area contributed by atoms with Crippen molar-refractivity contribution >= 4 is 28.9 Å². The topological polar surface area (TPSA) is 17.1 Å². The van der Waals surface area contributed by atoms with E-state index >= 15 is 0 Å². The van der Waals surface area contributed by atoms with Gasteiger partial charge in [0.1, 0.15) is 0 Å². The maximum absolute atomic E-state index is 12.5. The highest BCUT2D eigenvalue weighted by atomic mass is 32.2. The average molecular weight is 324 g/mol. The zero-order valence-corrected chi connectivity index (χ0v) is 13.6. The molecule has 1 atom stereocenters. The number of benzene rings is 2. The van der Waals surface area contributed by atoms with Crippen molar-refractivity contribution in [3.63, 3.8) is 0 Å². The standard InChI is InChI=1S/C19H16OS2/c20-17(18-12-7-13-21-18)14-19(15-8-3-1-4-9-15)22-16-10-5-2-6-11-16/h1-13,19H,14H2. The summed E-state index contributed by atoms with van der Waals surface area (Å²) in [5, 5.41) is 2.09. The van der Waals surface area contributed by atoms with Crippen LogP contribution in [0.1, 0.15) is 26.9 Å². The fraction of sp³-hybridized carbons (Fsp3) is 0.105. The van der Waals surface area contributed by atoms with Gasteiger partial charge in [-0.25, -0.2) is 0 Å². The van der Waals surface area contributed by atoms with Crippen molar-refractivity contribution in [1.29, 1.82) is 0 Å². The van der Waals surface area contributed by atoms with Gasteiger partial charge in [-0.1, -0.05) is 54.6 Å². The van der Waals surface area contributed by atoms with Crippen molar-refractivity contribution in [3.05, 3.63) is 88.6 Å². The van der Waals surface area contributed by atoms with Crippen molar-refractivity contribution in [1.82, 2.24) is 0 Å². The first-order valence-corrected chi connectivity index (χ1v) is 8.92. The molecule has 0 saturated carbocycles. The van der Waals surface area contributed by atoms with E-state index in [0.29, 0.717) is 6.42 Å². The maximum Gasteiger partial charge on any atom is 0.174 e. The minimum Gasteiger partial charge on any atom is -0.293 e. The summed E-state index contributed by atoms with van der Waals surface area (Å²) in [4.78, 5) is 14.5. The second-order valence-electron chi connectivity index (χ2n) is 4.93. The second kappa shape index (κ2) is 7.43. The number of hydrogen-bond donors (Lipinski definition) is 0. The summed E-state index contributed by atoms with van der Waals surface area (Å²) in [6.07, 6.45) is 0.518. The van der Waals surface area contributed by atoms with Crippen LogP contribution in [0.25, 0.3) is 0 Å². The van der Waals surface area contributed by atoms with Crippen LogP contribution in [-0.2, 0) is 0 Å². The van der Waals surface area contributed by atoms with Crippen LogP contribution in [0.3, 0.4) is 0 Å². The van der Waals surface area contributed by atoms with Crippen molar-refractivity contribution < 1.29 is 4.79 Å². The zero-order chi connectivity index (χ0) is 15.2. The van der Waals surface area contributed by atoms with Crippen LogP contribution in [0.4, 0.5) is 0 Å². The molecule has 2 aromatic carbocycles. The minimum absolute atomic E-state index is 0.137. The molecule has 3 rings (SSSR count). The predicted octanol–water partition coefficient (Wildman–Crippen LogP) is 5.85. The molecule has 0 aliphatic carbocycles. The van der Waals surface area contributed by atoms with E-state index < -0.39 is 0 Å². The Kier molecular flexibility index (Phi) is 5.09. The lowest BCUT2D eigenvalue weighted by molar-refractivity contribution is 0.0986. The smallest absolute Gasteiger partial charge is 0.174 e. The molecule has 0 amide bonds. The first kappa shape index (κ1) is 15.1. The number of thioether (sulfide) groups is 1. The van der Waals surface area contributed by atoms with Crippen molar-refractivity contribution in [2.45, 2.75) is 16.6 Å². The van der Waals surface area contributed by atoms with Crippen LogP contribution in [0.5, 0.6) is 0 Å². The van der Waals surface area contributed by atoms with Gasteiger partial charge >= 0.3 is 0 Å². The van der Waals surface area contributed by atoms with Gasteiger partial charge in [-0.15, -0.1) is 23.1 Å². The van der Waals surface area contributed by atoms with Crippen LogP contribution in [0, 0.1) is 0 Å². The SMILES string of the molecule is O=C(CC(Sc1ccccc1)c1ccccc1)c1cccs1. The molecule has 22 heavy (non-hydrogen) atoms. The van der Waals surface area contributed by atoms with E-state index in [1.807, 2.05) is 53.9 Å². The van der Waals surface area contributed by atoms with E-state index in [2.05, 4.69) is 24.3 Å². The Hall–Kier alpha value is -1.84. The number of thiophene rings is 1. The lowest BCUT2D eigenvalue weighted by atomic mass is 10.1. The third-order valence-electron chi connectivity index (χ3n) is 3.36. The van der Waals surface area contributed by atoms with Gasteiger partial charge in [0.05, 0.1) is 4.88 Å². The van der Waals surface area contributed by atoms with Crippen LogP contribution in [0.2, 0.25) is 0 Å². The summed E-state index contributed by atoms with van der Waals surface area (Å²) in [5.74, 6) is 0.215. The Morgan fingerprint density at radius 2 is 1.59 bits per heavy atom. The highest BCUT2D eigenvalue weighted by Gasteiger charge is 2.19. The first-order valence-electron chi connectivity index (χ1n) is 7.16. The highest BCUT2D eigenvalue weighted by molar-refractivity contribution is 7.99. The summed E-state index contributed by atoms with van der Waals surface area (Å²) in [6, 6.07) is 24.4. The molecule has 0 bridgehead atoms. The number of rotatable bonds is 6. The van der Waals surface area contributed by atoms with E-state index in [1.165, 1.54) is 21.8 Å². The Balaban J connectivity index is 1.82. The molecule has 1 unspecified atom stereocenters. The Bertz CT molecular complexity index is 706. The van der Waals surface area contributed by atoms with Crippen molar-refractivity contribution in [3.8, 4) is 0 Å². The van der Waals surface area contributed by atoms with Gasteiger partial charge < -0.3 is 0 Å². The van der Waals surface area contributed by atoms with Gasteiger partial charge in [-0.3, -0.25) is 4.79 Å². The molecular formula is C19H16OS2. The number of carbonyl (C=O) groups is 1. The Morgan fingerprint density at radius 3 is 2.23 bits per heavy atom. The molecule has 0 saturated heterocycles. The number of Topliss-reactive ketones (excluding diaryl/α,β-unsaturated/α-hetero) is 1. The number of carbonyl (C=O) groups excluding carboxylic acids is 1. The van der Waals surface area contributed by atoms with Crippen LogP contribution < -0.4 is 0 Å². The molecule has 0 aliphatic rings. The van der Waals surface area contributed by atoms with Gasteiger partial charge in [0.15, 0.2) is 5.78 Å². The maximum atomic E-state index is 12.5. The molecular weight excluding hydrogens is 308 g/mol. The molecule has 3 heteroatoms. The predicted molar refractivity (Wildman–Crippen MR) is 94.7 cm³/mol. The summed E-state index contributed by atoms with van der Waals surface area (Å²) < 4.78 is 0. The van der Waals surface area contributed by atoms with E-state index in [1.54, 1.807) is 11.8 Å². The van der Waals surface area contributed by atoms with E-state index in [9.17, 15) is 4.79 Å². The second-order valence-corrected chi connectivity index (χ2v) is 7.16. The van der Waals surface area contributed by atoms with E-state index in [4.69, 9.17) is 0 Å².